The number of nitrogens with zero attached hydrogens (tertiary/aromatic N) is 3. The average Bonchev–Trinajstić information content (AvgIpc) is 3.48. The Hall–Kier alpha value is -2.82. The summed E-state index contributed by atoms with van der Waals surface area (Å²) in [4.78, 5) is 28.4. The molecule has 3 atom stereocenters. The summed E-state index contributed by atoms with van der Waals surface area (Å²) in [5, 5.41) is 30.5. The molecule has 2 amide bonds. The minimum absolute atomic E-state index is 0.00648. The van der Waals surface area contributed by atoms with Crippen LogP contribution in [-0.4, -0.2) is 87.6 Å². The third kappa shape index (κ3) is 10.7. The van der Waals surface area contributed by atoms with Crippen molar-refractivity contribution in [3.8, 4) is 6.07 Å². The van der Waals surface area contributed by atoms with E-state index in [1.807, 2.05) is 45.6 Å². The Balaban J connectivity index is 0.000000448. The second-order valence-corrected chi connectivity index (χ2v) is 12.3. The van der Waals surface area contributed by atoms with Gasteiger partial charge in [-0.25, -0.2) is 18.0 Å². The van der Waals surface area contributed by atoms with Crippen LogP contribution in [-0.2, 0) is 16.0 Å². The predicted molar refractivity (Wildman–Crippen MR) is 157 cm³/mol. The lowest BCUT2D eigenvalue weighted by Gasteiger charge is -2.38. The maximum absolute atomic E-state index is 13.1. The number of alkyl carbamates (subject to hydrolysis) is 1. The molecule has 2 heterocycles. The quantitative estimate of drug-likeness (QED) is 0.316. The van der Waals surface area contributed by atoms with Crippen LogP contribution in [0.15, 0.2) is 24.3 Å². The Kier molecular flexibility index (Phi) is 13.3. The number of hydrogen-bond donors (Lipinski definition) is 3. The number of carbonyl (C=O) groups excluding carboxylic acids is 2. The molecule has 1 aromatic rings. The van der Waals surface area contributed by atoms with Crippen molar-refractivity contribution < 1.29 is 37.5 Å². The monoisotopic (exact) mass is 610 g/mol. The maximum Gasteiger partial charge on any atom is 0.475 e. The predicted octanol–water partition coefficient (Wildman–Crippen LogP) is 4.45. The van der Waals surface area contributed by atoms with Gasteiger partial charge in [-0.15, -0.1) is 0 Å². The number of rotatable bonds is 11. The van der Waals surface area contributed by atoms with Gasteiger partial charge in [-0.3, -0.25) is 9.69 Å². The summed E-state index contributed by atoms with van der Waals surface area (Å²) in [7, 11) is -1.85. The van der Waals surface area contributed by atoms with Gasteiger partial charge < -0.3 is 25.0 Å². The van der Waals surface area contributed by atoms with Gasteiger partial charge in [0.25, 0.3) is 5.92 Å². The van der Waals surface area contributed by atoms with Crippen molar-refractivity contribution in [1.82, 2.24) is 15.1 Å². The van der Waals surface area contributed by atoms with E-state index in [0.29, 0.717) is 18.5 Å². The van der Waals surface area contributed by atoms with E-state index in [-0.39, 0.29) is 49.9 Å². The average molecular weight is 611 g/mol. The molecule has 2 aliphatic rings. The first-order chi connectivity index (χ1) is 20.1. The smallest absolute Gasteiger partial charge is 0.447 e. The van der Waals surface area contributed by atoms with Gasteiger partial charge in [-0.05, 0) is 70.6 Å². The van der Waals surface area contributed by atoms with E-state index in [0.717, 1.165) is 25.7 Å². The van der Waals surface area contributed by atoms with Crippen LogP contribution in [0.2, 0.25) is 0 Å². The molecule has 2 fully saturated rings. The van der Waals surface area contributed by atoms with Crippen molar-refractivity contribution in [1.29, 1.82) is 5.26 Å². The standard InChI is InChI=1S/C21H29BFN3O5.C9H17F2N/c1-3-4-17-9-11-21(2,26(17)19(27)10-12-24)14-31-20(28)25-18(22(29)30)13-15-5-7-16(23)8-6-15;1-4-8(2,3)12-6-5-9(10,11)7-12/h5-8,17-18,29-30H,3-4,9-11,13-14H2,1-2H3,(H,25,28);4-7H2,1-3H3. The van der Waals surface area contributed by atoms with Crippen molar-refractivity contribution in [2.45, 2.75) is 115 Å². The van der Waals surface area contributed by atoms with E-state index in [4.69, 9.17) is 10.00 Å². The zero-order chi connectivity index (χ0) is 32.4. The molecule has 3 N–H and O–H groups in total. The van der Waals surface area contributed by atoms with Crippen molar-refractivity contribution in [3.05, 3.63) is 35.6 Å². The van der Waals surface area contributed by atoms with Crippen LogP contribution in [0, 0.1) is 17.1 Å². The van der Waals surface area contributed by atoms with Gasteiger partial charge in [0, 0.05) is 24.5 Å². The number of carbonyl (C=O) groups is 2. The molecule has 240 valence electrons. The number of hydrogen-bond acceptors (Lipinski definition) is 7. The van der Waals surface area contributed by atoms with Gasteiger partial charge in [-0.1, -0.05) is 32.4 Å². The number of ether oxygens (including phenoxy) is 1. The fraction of sp³-hybridized carbons (Fsp3) is 0.700. The summed E-state index contributed by atoms with van der Waals surface area (Å²) in [6.07, 6.45) is 2.99. The molecular formula is C30H46BF3N4O5. The van der Waals surface area contributed by atoms with Crippen LogP contribution in [0.4, 0.5) is 18.0 Å². The van der Waals surface area contributed by atoms with Crippen LogP contribution >= 0.6 is 0 Å². The highest BCUT2D eigenvalue weighted by atomic mass is 19.3. The lowest BCUT2D eigenvalue weighted by molar-refractivity contribution is -0.138. The van der Waals surface area contributed by atoms with E-state index >= 15 is 0 Å². The molecule has 2 aliphatic heterocycles. The first-order valence-corrected chi connectivity index (χ1v) is 14.9. The molecule has 2 saturated heterocycles. The van der Waals surface area contributed by atoms with Gasteiger partial charge in [-0.2, -0.15) is 5.26 Å². The zero-order valence-electron chi connectivity index (χ0n) is 25.9. The molecule has 1 aromatic carbocycles. The molecule has 0 saturated carbocycles. The summed E-state index contributed by atoms with van der Waals surface area (Å²) in [5.41, 5.74) is -0.201. The first kappa shape index (κ1) is 36.4. The molecule has 3 unspecified atom stereocenters. The molecule has 3 rings (SSSR count). The normalized spacial score (nSPS) is 22.3. The topological polar surface area (TPSA) is 126 Å². The van der Waals surface area contributed by atoms with Gasteiger partial charge in [0.05, 0.1) is 24.1 Å². The number of halogens is 3. The third-order valence-electron chi connectivity index (χ3n) is 8.52. The van der Waals surface area contributed by atoms with Crippen molar-refractivity contribution in [2.75, 3.05) is 19.7 Å². The molecule has 0 aliphatic carbocycles. The largest absolute Gasteiger partial charge is 0.475 e. The molecule has 9 nitrogen and oxygen atoms in total. The molecule has 0 bridgehead atoms. The molecular weight excluding hydrogens is 564 g/mol. The van der Waals surface area contributed by atoms with E-state index in [1.165, 1.54) is 24.3 Å². The SMILES string of the molecule is CCC(C)(C)N1CCC(F)(F)C1.CCCC1CCC(C)(COC(=O)NC(Cc2ccc(F)cc2)B(O)O)N1C(=O)CC#N. The number of alkyl halides is 2. The Morgan fingerprint density at radius 3 is 2.40 bits per heavy atom. The van der Waals surface area contributed by atoms with Gasteiger partial charge in [0.1, 0.15) is 18.8 Å². The van der Waals surface area contributed by atoms with Crippen molar-refractivity contribution in [2.24, 2.45) is 0 Å². The van der Waals surface area contributed by atoms with Crippen LogP contribution in [0.25, 0.3) is 0 Å². The molecule has 43 heavy (non-hydrogen) atoms. The highest BCUT2D eigenvalue weighted by Crippen LogP contribution is 2.37. The summed E-state index contributed by atoms with van der Waals surface area (Å²) in [6.45, 7) is 10.3. The highest BCUT2D eigenvalue weighted by molar-refractivity contribution is 6.43. The fourth-order valence-electron chi connectivity index (χ4n) is 5.57. The van der Waals surface area contributed by atoms with E-state index in [2.05, 4.69) is 5.32 Å². The van der Waals surface area contributed by atoms with Crippen LogP contribution < -0.4 is 5.32 Å². The minimum Gasteiger partial charge on any atom is -0.447 e. The molecule has 0 spiro atoms. The Morgan fingerprint density at radius 1 is 1.23 bits per heavy atom. The lowest BCUT2D eigenvalue weighted by atomic mass is 9.76. The van der Waals surface area contributed by atoms with Crippen LogP contribution in [0.5, 0.6) is 0 Å². The Morgan fingerprint density at radius 2 is 1.88 bits per heavy atom. The maximum atomic E-state index is 13.1. The number of amides is 2. The Labute approximate surface area is 253 Å². The minimum atomic E-state index is -2.45. The first-order valence-electron chi connectivity index (χ1n) is 14.9. The van der Waals surface area contributed by atoms with E-state index < -0.39 is 36.4 Å². The van der Waals surface area contributed by atoms with Gasteiger partial charge >= 0.3 is 13.2 Å². The van der Waals surface area contributed by atoms with E-state index in [9.17, 15) is 32.8 Å². The summed E-state index contributed by atoms with van der Waals surface area (Å²) in [6, 6.07) is 7.35. The van der Waals surface area contributed by atoms with E-state index in [1.54, 1.807) is 4.90 Å². The molecule has 0 radical (unpaired) electrons. The molecule has 0 aromatic heterocycles. The van der Waals surface area contributed by atoms with Gasteiger partial charge in [0.2, 0.25) is 5.91 Å². The second-order valence-electron chi connectivity index (χ2n) is 12.3. The summed E-state index contributed by atoms with van der Waals surface area (Å²) >= 11 is 0. The second kappa shape index (κ2) is 15.8. The van der Waals surface area contributed by atoms with Crippen molar-refractivity contribution in [3.63, 3.8) is 0 Å². The molecule has 13 heteroatoms. The Bertz CT molecular complexity index is 1100. The lowest BCUT2D eigenvalue weighted by Crippen LogP contribution is -2.53. The summed E-state index contributed by atoms with van der Waals surface area (Å²) < 4.78 is 44.0. The zero-order valence-corrected chi connectivity index (χ0v) is 25.9. The number of nitriles is 1. The van der Waals surface area contributed by atoms with Crippen LogP contribution in [0.3, 0.4) is 0 Å². The number of benzene rings is 1. The fourth-order valence-corrected chi connectivity index (χ4v) is 5.57. The number of likely N-dealkylation sites (tertiary alicyclic amines) is 2. The summed E-state index contributed by atoms with van der Waals surface area (Å²) in [5.74, 6) is -4.21. The highest BCUT2D eigenvalue weighted by Gasteiger charge is 2.46. The van der Waals surface area contributed by atoms with Crippen molar-refractivity contribution >= 4 is 19.1 Å². The number of nitrogens with one attached hydrogen (secondary N) is 1. The third-order valence-corrected chi connectivity index (χ3v) is 8.52. The van der Waals surface area contributed by atoms with Crippen LogP contribution in [0.1, 0.15) is 85.1 Å². The van der Waals surface area contributed by atoms with Gasteiger partial charge in [0.15, 0.2) is 0 Å².